The van der Waals surface area contributed by atoms with E-state index in [9.17, 15) is 9.59 Å². The molecule has 0 unspecified atom stereocenters. The summed E-state index contributed by atoms with van der Waals surface area (Å²) in [5, 5.41) is 5.91. The van der Waals surface area contributed by atoms with Crippen LogP contribution in [0.4, 0.5) is 0 Å². The normalized spacial score (nSPS) is 21.3. The number of nitrogens with one attached hydrogen (secondary N) is 2. The molecule has 2 N–H and O–H groups in total. The minimum absolute atomic E-state index is 0.0854. The van der Waals surface area contributed by atoms with Crippen LogP contribution < -0.4 is 15.4 Å². The molecule has 0 aromatic heterocycles. The average molecular weight is 278 g/mol. The molecule has 1 aromatic rings. The van der Waals surface area contributed by atoms with Gasteiger partial charge in [0.2, 0.25) is 0 Å². The van der Waals surface area contributed by atoms with Crippen LogP contribution in [-0.2, 0) is 9.53 Å². The maximum atomic E-state index is 12.1. The van der Waals surface area contributed by atoms with Gasteiger partial charge in [0, 0.05) is 18.2 Å². The molecule has 1 aliphatic heterocycles. The highest BCUT2D eigenvalue weighted by molar-refractivity contribution is 5.94. The molecule has 108 valence electrons. The first-order valence-corrected chi connectivity index (χ1v) is 6.40. The molecule has 6 heteroatoms. The van der Waals surface area contributed by atoms with Crippen molar-refractivity contribution in [1.82, 2.24) is 10.6 Å². The molecule has 0 saturated carbocycles. The third-order valence-electron chi connectivity index (χ3n) is 3.28. The summed E-state index contributed by atoms with van der Waals surface area (Å²) in [7, 11) is 2.91. The predicted molar refractivity (Wildman–Crippen MR) is 72.7 cm³/mol. The number of ether oxygens (including phenoxy) is 2. The highest BCUT2D eigenvalue weighted by atomic mass is 16.5. The highest BCUT2D eigenvalue weighted by Gasteiger charge is 2.31. The van der Waals surface area contributed by atoms with E-state index in [-0.39, 0.29) is 24.0 Å². The van der Waals surface area contributed by atoms with Crippen LogP contribution in [0.2, 0.25) is 0 Å². The molecule has 0 bridgehead atoms. The van der Waals surface area contributed by atoms with Crippen LogP contribution in [0.1, 0.15) is 16.8 Å². The van der Waals surface area contributed by atoms with Crippen molar-refractivity contribution >= 4 is 11.9 Å². The van der Waals surface area contributed by atoms with Gasteiger partial charge < -0.3 is 20.1 Å². The zero-order valence-electron chi connectivity index (χ0n) is 11.5. The molecular formula is C14H18N2O4. The Morgan fingerprint density at radius 3 is 2.85 bits per heavy atom. The summed E-state index contributed by atoms with van der Waals surface area (Å²) in [5.74, 6) is 0.152. The van der Waals surface area contributed by atoms with Gasteiger partial charge in [0.1, 0.15) is 11.8 Å². The van der Waals surface area contributed by atoms with E-state index in [1.807, 2.05) is 0 Å². The number of esters is 1. The Labute approximate surface area is 117 Å². The van der Waals surface area contributed by atoms with Crippen molar-refractivity contribution in [3.8, 4) is 5.75 Å². The van der Waals surface area contributed by atoms with E-state index in [1.54, 1.807) is 31.4 Å². The average Bonchev–Trinajstić information content (AvgIpc) is 2.95. The lowest BCUT2D eigenvalue weighted by Gasteiger charge is -2.12. The number of hydrogen-bond donors (Lipinski definition) is 2. The Morgan fingerprint density at radius 2 is 2.15 bits per heavy atom. The van der Waals surface area contributed by atoms with Gasteiger partial charge >= 0.3 is 5.97 Å². The van der Waals surface area contributed by atoms with E-state index in [0.717, 1.165) is 0 Å². The molecule has 0 radical (unpaired) electrons. The Kier molecular flexibility index (Phi) is 4.57. The zero-order chi connectivity index (χ0) is 14.5. The van der Waals surface area contributed by atoms with Gasteiger partial charge in [-0.2, -0.15) is 0 Å². The molecule has 0 aliphatic carbocycles. The van der Waals surface area contributed by atoms with E-state index in [1.165, 1.54) is 7.11 Å². The summed E-state index contributed by atoms with van der Waals surface area (Å²) in [6, 6.07) is 6.50. The number of hydrogen-bond acceptors (Lipinski definition) is 5. The summed E-state index contributed by atoms with van der Waals surface area (Å²) in [6.07, 6.45) is 0.530. The van der Waals surface area contributed by atoms with Crippen molar-refractivity contribution in [2.45, 2.75) is 18.5 Å². The maximum Gasteiger partial charge on any atom is 0.322 e. The van der Waals surface area contributed by atoms with Crippen molar-refractivity contribution < 1.29 is 19.1 Å². The quantitative estimate of drug-likeness (QED) is 0.776. The lowest BCUT2D eigenvalue weighted by Crippen LogP contribution is -2.36. The van der Waals surface area contributed by atoms with Crippen molar-refractivity contribution in [3.63, 3.8) is 0 Å². The number of rotatable bonds is 4. The maximum absolute atomic E-state index is 12.1. The molecule has 2 rings (SSSR count). The van der Waals surface area contributed by atoms with Crippen molar-refractivity contribution in [3.05, 3.63) is 29.8 Å². The first-order valence-electron chi connectivity index (χ1n) is 6.40. The van der Waals surface area contributed by atoms with Gasteiger partial charge in [-0.3, -0.25) is 9.59 Å². The second-order valence-corrected chi connectivity index (χ2v) is 4.62. The van der Waals surface area contributed by atoms with Gasteiger partial charge in [0.15, 0.2) is 0 Å². The van der Waals surface area contributed by atoms with Gasteiger partial charge in [0.25, 0.3) is 5.91 Å². The van der Waals surface area contributed by atoms with Gasteiger partial charge in [-0.15, -0.1) is 0 Å². The molecular weight excluding hydrogens is 260 g/mol. The van der Waals surface area contributed by atoms with E-state index >= 15 is 0 Å². The van der Waals surface area contributed by atoms with E-state index < -0.39 is 0 Å². The second-order valence-electron chi connectivity index (χ2n) is 4.62. The Bertz CT molecular complexity index is 504. The Morgan fingerprint density at radius 1 is 1.35 bits per heavy atom. The fourth-order valence-electron chi connectivity index (χ4n) is 2.20. The van der Waals surface area contributed by atoms with Gasteiger partial charge in [0.05, 0.1) is 14.2 Å². The molecule has 1 aromatic carbocycles. The number of amides is 1. The number of methoxy groups -OCH3 is 2. The SMILES string of the molecule is COC(=O)[C@@H]1C[C@H](NC(=O)c2cccc(OC)c2)CN1. The molecule has 6 nitrogen and oxygen atoms in total. The van der Waals surface area contributed by atoms with Gasteiger partial charge in [-0.25, -0.2) is 0 Å². The summed E-state index contributed by atoms with van der Waals surface area (Å²) in [6.45, 7) is 0.551. The van der Waals surface area contributed by atoms with Crippen molar-refractivity contribution in [1.29, 1.82) is 0 Å². The topological polar surface area (TPSA) is 76.7 Å². The molecule has 0 spiro atoms. The minimum atomic E-state index is -0.351. The van der Waals surface area contributed by atoms with Crippen molar-refractivity contribution in [2.24, 2.45) is 0 Å². The Balaban J connectivity index is 1.93. The smallest absolute Gasteiger partial charge is 0.322 e. The summed E-state index contributed by atoms with van der Waals surface area (Å²) < 4.78 is 9.76. The van der Waals surface area contributed by atoms with Gasteiger partial charge in [-0.05, 0) is 24.6 Å². The summed E-state index contributed by atoms with van der Waals surface area (Å²) in [4.78, 5) is 23.5. The molecule has 20 heavy (non-hydrogen) atoms. The molecule has 1 saturated heterocycles. The summed E-state index contributed by atoms with van der Waals surface area (Å²) >= 11 is 0. The monoisotopic (exact) mass is 278 g/mol. The van der Waals surface area contributed by atoms with Crippen LogP contribution in [0, 0.1) is 0 Å². The number of carbonyl (C=O) groups excluding carboxylic acids is 2. The first kappa shape index (κ1) is 14.3. The van der Waals surface area contributed by atoms with Gasteiger partial charge in [-0.1, -0.05) is 6.07 Å². The largest absolute Gasteiger partial charge is 0.497 e. The molecule has 1 amide bonds. The third-order valence-corrected chi connectivity index (χ3v) is 3.28. The lowest BCUT2D eigenvalue weighted by molar-refractivity contribution is -0.142. The zero-order valence-corrected chi connectivity index (χ0v) is 11.5. The molecule has 1 aliphatic rings. The molecule has 1 fully saturated rings. The third kappa shape index (κ3) is 3.27. The summed E-state index contributed by atoms with van der Waals surface area (Å²) in [5.41, 5.74) is 0.533. The van der Waals surface area contributed by atoms with Crippen LogP contribution in [-0.4, -0.2) is 44.7 Å². The van der Waals surface area contributed by atoms with Crippen LogP contribution in [0.3, 0.4) is 0 Å². The van der Waals surface area contributed by atoms with Crippen LogP contribution in [0.25, 0.3) is 0 Å². The lowest BCUT2D eigenvalue weighted by atomic mass is 10.1. The second kappa shape index (κ2) is 6.38. The van der Waals surface area contributed by atoms with Crippen LogP contribution in [0.15, 0.2) is 24.3 Å². The standard InChI is InChI=1S/C14H18N2O4/c1-19-11-5-3-4-9(6-11)13(17)16-10-7-12(15-8-10)14(18)20-2/h3-6,10,12,15H,7-8H2,1-2H3,(H,16,17)/t10-,12-/m0/s1. The fourth-order valence-corrected chi connectivity index (χ4v) is 2.20. The number of benzene rings is 1. The Hall–Kier alpha value is -2.08. The van der Waals surface area contributed by atoms with E-state index in [4.69, 9.17) is 4.74 Å². The number of carbonyl (C=O) groups is 2. The van der Waals surface area contributed by atoms with Crippen LogP contribution >= 0.6 is 0 Å². The highest BCUT2D eigenvalue weighted by Crippen LogP contribution is 2.14. The van der Waals surface area contributed by atoms with E-state index in [0.29, 0.717) is 24.3 Å². The molecule has 1 heterocycles. The predicted octanol–water partition coefficient (Wildman–Crippen LogP) is 0.328. The first-order chi connectivity index (χ1) is 9.63. The fraction of sp³-hybridized carbons (Fsp3) is 0.429. The van der Waals surface area contributed by atoms with Crippen molar-refractivity contribution in [2.75, 3.05) is 20.8 Å². The van der Waals surface area contributed by atoms with Crippen LogP contribution in [0.5, 0.6) is 5.75 Å². The minimum Gasteiger partial charge on any atom is -0.497 e. The van der Waals surface area contributed by atoms with E-state index in [2.05, 4.69) is 15.4 Å². The molecule has 2 atom stereocenters.